The molecule has 5 heterocycles. The van der Waals surface area contributed by atoms with E-state index in [1.54, 1.807) is 0 Å². The number of fused-ring (bicyclic) bond motifs is 20. The Hall–Kier alpha value is 0.459. The van der Waals surface area contributed by atoms with Crippen molar-refractivity contribution < 1.29 is 74.8 Å². The van der Waals surface area contributed by atoms with Gasteiger partial charge in [0.2, 0.25) is 0 Å². The van der Waals surface area contributed by atoms with Crippen molar-refractivity contribution in [2.24, 2.45) is 47.3 Å². The van der Waals surface area contributed by atoms with Crippen LogP contribution in [0.4, 0.5) is 0 Å². The van der Waals surface area contributed by atoms with Crippen LogP contribution in [0.15, 0.2) is 0 Å². The molecule has 8 bridgehead atoms. The van der Waals surface area contributed by atoms with E-state index in [9.17, 15) is 0 Å². The summed E-state index contributed by atoms with van der Waals surface area (Å²) in [4.78, 5) is 0. The molecule has 8 N–H and O–H groups in total. The van der Waals surface area contributed by atoms with E-state index >= 15 is 0 Å². The molecule has 0 aromatic heterocycles. The molecule has 0 spiro atoms. The molecule has 0 aromatic carbocycles. The second-order valence-electron chi connectivity index (χ2n) is 16.4. The summed E-state index contributed by atoms with van der Waals surface area (Å²) in [6.07, 6.45) is 25.6. The molecule has 1 radical (unpaired) electrons. The fourth-order valence-electron chi connectivity index (χ4n) is 12.0. The van der Waals surface area contributed by atoms with Crippen LogP contribution in [-0.2, 0) is 17.1 Å². The van der Waals surface area contributed by atoms with E-state index in [4.69, 9.17) is 37.3 Å². The topological polar surface area (TPSA) is 281 Å². The van der Waals surface area contributed by atoms with Crippen LogP contribution in [0.1, 0.15) is 103 Å². The van der Waals surface area contributed by atoms with E-state index in [2.05, 4.69) is 42.5 Å². The first kappa shape index (κ1) is 41.1. The van der Waals surface area contributed by atoms with Crippen LogP contribution in [0.3, 0.4) is 0 Å². The zero-order valence-electron chi connectivity index (χ0n) is 28.9. The predicted molar refractivity (Wildman–Crippen MR) is 157 cm³/mol. The maximum absolute atomic E-state index is 8.49. The van der Waals surface area contributed by atoms with Crippen molar-refractivity contribution >= 4 is 0 Å². The average molecular weight is 815 g/mol. The molecule has 9 fully saturated rings. The van der Waals surface area contributed by atoms with Crippen LogP contribution >= 0.6 is 0 Å². The first-order valence-electron chi connectivity index (χ1n) is 19.1. The summed E-state index contributed by atoms with van der Waals surface area (Å²) in [7, 11) is -9.89. The van der Waals surface area contributed by atoms with Crippen molar-refractivity contribution in [1.82, 2.24) is 42.5 Å². The summed E-state index contributed by atoms with van der Waals surface area (Å²) in [5.41, 5.74) is 0. The van der Waals surface area contributed by atoms with Crippen LogP contribution in [0.2, 0.25) is 0 Å². The fourth-order valence-corrected chi connectivity index (χ4v) is 12.0. The van der Waals surface area contributed by atoms with E-state index in [1.807, 2.05) is 0 Å². The third kappa shape index (κ3) is 10.1. The van der Waals surface area contributed by atoms with E-state index in [0.717, 1.165) is 47.3 Å². The monoisotopic (exact) mass is 813 g/mol. The van der Waals surface area contributed by atoms with Gasteiger partial charge in [-0.15, -0.1) is 20.5 Å². The van der Waals surface area contributed by atoms with E-state index in [-0.39, 0.29) is 17.1 Å². The van der Waals surface area contributed by atoms with Crippen molar-refractivity contribution in [3.05, 3.63) is 0 Å². The van der Waals surface area contributed by atoms with Crippen LogP contribution in [0.25, 0.3) is 0 Å². The molecule has 4 aliphatic carbocycles. The van der Waals surface area contributed by atoms with Crippen LogP contribution in [0.5, 0.6) is 0 Å². The maximum atomic E-state index is 8.49. The van der Waals surface area contributed by atoms with Crippen LogP contribution in [-0.4, -0.2) is 49.3 Å². The average Bonchev–Trinajstić information content (AvgIpc) is 3.79. The van der Waals surface area contributed by atoms with Crippen molar-refractivity contribution in [2.45, 2.75) is 152 Å². The molecule has 0 aromatic rings. The first-order chi connectivity index (χ1) is 23.8. The van der Waals surface area contributed by atoms with E-state index < -0.39 is 20.5 Å². The number of nitrogens with one attached hydrogen (secondary N) is 8. The minimum absolute atomic E-state index is 0. The summed E-state index contributed by atoms with van der Waals surface area (Å²) >= 11 is 0. The molecule has 4 saturated carbocycles. The molecule has 9 aliphatic rings. The fraction of sp³-hybridized carbons (Fsp3) is 1.00. The summed E-state index contributed by atoms with van der Waals surface area (Å²) in [6, 6.07) is 0. The zero-order valence-corrected chi connectivity index (χ0v) is 31.3. The zero-order chi connectivity index (χ0) is 35.2. The number of halogens is 2. The second kappa shape index (κ2) is 17.3. The third-order valence-electron chi connectivity index (χ3n) is 13.8. The molecule has 16 nitrogen and oxygen atoms in total. The minimum Gasteiger partial charge on any atom is -0.286 e. The Kier molecular flexibility index (Phi) is 13.9. The van der Waals surface area contributed by atoms with Gasteiger partial charge in [0, 0.05) is 0 Å². The Morgan fingerprint density at radius 3 is 0.451 bits per heavy atom. The Labute approximate surface area is 315 Å². The first-order valence-corrected chi connectivity index (χ1v) is 21.6. The maximum Gasteiger partial charge on any atom is 2.00 e. The van der Waals surface area contributed by atoms with Gasteiger partial charge in [-0.1, -0.05) is 51.4 Å². The summed E-state index contributed by atoms with van der Waals surface area (Å²) in [6.45, 7) is 0. The van der Waals surface area contributed by atoms with Crippen LogP contribution < -0.4 is 79.8 Å². The molecular formula is C32H56Cl2CuN8O8. The standard InChI is InChI=1S/C32H56N8.2ClHO4.Cu/c1-2-10-18-17(9-1)25-33-26(18)38-28-21-13-5-6-14-22(21)30(35-28)40-32-24-16-8-7-15-23(24)31(36-32)39-29-20-12-4-3-11-19(20)27(34-29)37-25;2*2-1(3,4)5;/h17-40H,1-16H2;2*(H,2,3,4,5);/q;;;+2/p-2. The minimum atomic E-state index is -4.94. The quantitative estimate of drug-likeness (QED) is 0.106. The van der Waals surface area contributed by atoms with Crippen molar-refractivity contribution in [2.75, 3.05) is 0 Å². The van der Waals surface area contributed by atoms with Crippen LogP contribution in [0, 0.1) is 67.8 Å². The van der Waals surface area contributed by atoms with E-state index in [0.29, 0.717) is 49.3 Å². The molecule has 297 valence electrons. The Morgan fingerprint density at radius 2 is 0.353 bits per heavy atom. The van der Waals surface area contributed by atoms with Crippen molar-refractivity contribution in [3.8, 4) is 0 Å². The Morgan fingerprint density at radius 1 is 0.255 bits per heavy atom. The normalized spacial score (nSPS) is 47.5. The molecule has 9 rings (SSSR count). The van der Waals surface area contributed by atoms with Gasteiger partial charge < -0.3 is 0 Å². The van der Waals surface area contributed by atoms with Gasteiger partial charge in [-0.3, -0.25) is 42.5 Å². The van der Waals surface area contributed by atoms with Gasteiger partial charge in [-0.05, 0) is 98.7 Å². The van der Waals surface area contributed by atoms with Crippen molar-refractivity contribution in [1.29, 1.82) is 0 Å². The molecule has 19 heteroatoms. The van der Waals surface area contributed by atoms with Gasteiger partial charge in [-0.2, -0.15) is 0 Å². The second-order valence-corrected chi connectivity index (χ2v) is 17.9. The molecule has 5 aliphatic heterocycles. The summed E-state index contributed by atoms with van der Waals surface area (Å²) < 4.78 is 67.9. The summed E-state index contributed by atoms with van der Waals surface area (Å²) in [5, 5.41) is 33.8. The van der Waals surface area contributed by atoms with Crippen molar-refractivity contribution in [3.63, 3.8) is 0 Å². The molecule has 5 saturated heterocycles. The van der Waals surface area contributed by atoms with Gasteiger partial charge in [0.1, 0.15) is 0 Å². The third-order valence-corrected chi connectivity index (χ3v) is 13.8. The largest absolute Gasteiger partial charge is 2.00 e. The number of rotatable bonds is 0. The SMILES string of the molecule is C1CCC2C3NC(NC4NC(NC5NC(NC6NC(N3)C3CCCCC63)C3CCCCC53)C3CCCCC43)C2C1.[Cu+2].[O-][Cl+3]([O-])([O-])[O-].[O-][Cl+3]([O-])([O-])[O-]. The van der Waals surface area contributed by atoms with Gasteiger partial charge in [-0.25, -0.2) is 37.3 Å². The Balaban J connectivity index is 0.000000363. The van der Waals surface area contributed by atoms with Gasteiger partial charge in [0.05, 0.1) is 49.3 Å². The number of hydrogen-bond donors (Lipinski definition) is 8. The molecule has 8 atom stereocenters. The van der Waals surface area contributed by atoms with Gasteiger partial charge >= 0.3 is 17.1 Å². The van der Waals surface area contributed by atoms with E-state index in [1.165, 1.54) is 103 Å². The van der Waals surface area contributed by atoms with Gasteiger partial charge in [0.25, 0.3) is 0 Å². The molecule has 8 unspecified atom stereocenters. The van der Waals surface area contributed by atoms with Gasteiger partial charge in [0.15, 0.2) is 0 Å². The predicted octanol–water partition coefficient (Wildman–Crippen LogP) is -6.91. The Bertz CT molecular complexity index is 902. The molecular weight excluding hydrogens is 759 g/mol. The molecule has 51 heavy (non-hydrogen) atoms. The number of hydrogen-bond acceptors (Lipinski definition) is 16. The smallest absolute Gasteiger partial charge is 0.286 e. The molecule has 0 amide bonds. The summed E-state index contributed by atoms with van der Waals surface area (Å²) in [5.74, 6) is 5.97.